The zero-order valence-electron chi connectivity index (χ0n) is 8.35. The monoisotopic (exact) mass is 275 g/mol. The smallest absolute Gasteiger partial charge is 1.00 e. The van der Waals surface area contributed by atoms with Crippen LogP contribution in [-0.2, 0) is 21.7 Å². The van der Waals surface area contributed by atoms with Gasteiger partial charge in [-0.15, -0.1) is 12.3 Å². The second-order valence-corrected chi connectivity index (χ2v) is 2.48. The van der Waals surface area contributed by atoms with Crippen LogP contribution in [0.3, 0.4) is 0 Å². The molecule has 0 bridgehead atoms. The molecule has 0 unspecified atom stereocenters. The van der Waals surface area contributed by atoms with Crippen molar-refractivity contribution in [3.63, 3.8) is 0 Å². The number of H-pyrrole nitrogens is 1. The number of hydrogen-bond acceptors (Lipinski definition) is 0. The summed E-state index contributed by atoms with van der Waals surface area (Å²) in [6.45, 7) is 5.62. The zero-order valence-corrected chi connectivity index (χ0v) is 11.4. The van der Waals surface area contributed by atoms with Crippen LogP contribution < -0.4 is 24.8 Å². The third kappa shape index (κ3) is 10.1. The summed E-state index contributed by atoms with van der Waals surface area (Å²) in [5.41, 5.74) is 2.13. The van der Waals surface area contributed by atoms with Crippen molar-refractivity contribution in [3.05, 3.63) is 60.5 Å². The molecule has 1 N–H and O–H groups in total. The molecular formula is C11H11Cl2NTi. The average molecular weight is 276 g/mol. The normalized spacial score (nSPS) is 10.3. The Balaban J connectivity index is -0.000000160. The molecule has 1 aliphatic rings. The molecule has 0 spiro atoms. The first-order valence-corrected chi connectivity index (χ1v) is 3.76. The summed E-state index contributed by atoms with van der Waals surface area (Å²) in [4.78, 5) is 2.80. The van der Waals surface area contributed by atoms with E-state index in [1.165, 1.54) is 0 Å². The predicted octanol–water partition coefficient (Wildman–Crippen LogP) is -3.40. The van der Waals surface area contributed by atoms with Gasteiger partial charge in [0.25, 0.3) is 0 Å². The van der Waals surface area contributed by atoms with Crippen LogP contribution in [0.2, 0.25) is 0 Å². The summed E-state index contributed by atoms with van der Waals surface area (Å²) in [7, 11) is 0. The van der Waals surface area contributed by atoms with Gasteiger partial charge in [-0.05, 0) is 0 Å². The number of hydrogen-bond donors (Lipinski definition) is 1. The first kappa shape index (κ1) is 20.2. The molecular weight excluding hydrogens is 265 g/mol. The molecule has 1 nitrogen and oxygen atoms in total. The fraction of sp³-hybridized carbons (Fsp3) is 0.0909. The van der Waals surface area contributed by atoms with E-state index in [0.29, 0.717) is 0 Å². The third-order valence-electron chi connectivity index (χ3n) is 1.35. The standard InChI is InChI=1S/C6H5.C5H6N.2ClH.Ti/c1-6-4-2-3-5-6;1-5-2-3-6-4-5;;;/h2-4H,1H2;2-3,6H,1H3;2*1H;/q2*-1;;;+4/p-2. The molecule has 1 heterocycles. The van der Waals surface area contributed by atoms with Crippen LogP contribution in [0.15, 0.2) is 42.6 Å². The van der Waals surface area contributed by atoms with Crippen molar-refractivity contribution >= 4 is 0 Å². The fourth-order valence-corrected chi connectivity index (χ4v) is 0.731. The molecule has 0 radical (unpaired) electrons. The molecule has 2 rings (SSSR count). The Bertz CT molecular complexity index is 288. The van der Waals surface area contributed by atoms with Gasteiger partial charge in [0, 0.05) is 0 Å². The van der Waals surface area contributed by atoms with Crippen molar-refractivity contribution in [2.45, 2.75) is 6.92 Å². The maximum absolute atomic E-state index is 3.62. The van der Waals surface area contributed by atoms with E-state index in [1.807, 2.05) is 37.4 Å². The van der Waals surface area contributed by atoms with Crippen molar-refractivity contribution in [2.24, 2.45) is 0 Å². The first-order chi connectivity index (χ1) is 5.79. The Morgan fingerprint density at radius 3 is 2.13 bits per heavy atom. The number of rotatable bonds is 0. The summed E-state index contributed by atoms with van der Waals surface area (Å²) < 4.78 is 0. The van der Waals surface area contributed by atoms with Crippen LogP contribution in [0.4, 0.5) is 0 Å². The topological polar surface area (TPSA) is 15.8 Å². The van der Waals surface area contributed by atoms with E-state index in [-0.39, 0.29) is 46.5 Å². The van der Waals surface area contributed by atoms with E-state index in [0.717, 1.165) is 11.1 Å². The van der Waals surface area contributed by atoms with Crippen molar-refractivity contribution < 1.29 is 46.5 Å². The van der Waals surface area contributed by atoms with Crippen LogP contribution in [0, 0.1) is 19.2 Å². The first-order valence-electron chi connectivity index (χ1n) is 3.76. The molecule has 0 saturated heterocycles. The molecule has 1 aromatic rings. The van der Waals surface area contributed by atoms with Crippen molar-refractivity contribution in [1.82, 2.24) is 4.98 Å². The van der Waals surface area contributed by atoms with Crippen LogP contribution in [0.5, 0.6) is 0 Å². The number of allylic oxidation sites excluding steroid dienone is 5. The van der Waals surface area contributed by atoms with E-state index in [9.17, 15) is 0 Å². The minimum atomic E-state index is 0. The Kier molecular flexibility index (Phi) is 16.0. The summed E-state index contributed by atoms with van der Waals surface area (Å²) in [5.74, 6) is 0. The van der Waals surface area contributed by atoms with Crippen molar-refractivity contribution in [1.29, 1.82) is 0 Å². The van der Waals surface area contributed by atoms with Gasteiger partial charge >= 0.3 is 21.7 Å². The summed E-state index contributed by atoms with van der Waals surface area (Å²) in [6.07, 6.45) is 13.3. The van der Waals surface area contributed by atoms with Gasteiger partial charge in [-0.3, -0.25) is 0 Å². The van der Waals surface area contributed by atoms with E-state index < -0.39 is 0 Å². The van der Waals surface area contributed by atoms with Gasteiger partial charge < -0.3 is 29.8 Å². The minimum absolute atomic E-state index is 0. The van der Waals surface area contributed by atoms with Gasteiger partial charge in [0.1, 0.15) is 0 Å². The molecule has 0 amide bonds. The van der Waals surface area contributed by atoms with Gasteiger partial charge in [0.15, 0.2) is 0 Å². The third-order valence-corrected chi connectivity index (χ3v) is 1.35. The number of nitrogens with one attached hydrogen (secondary N) is 1. The molecule has 1 aliphatic carbocycles. The Morgan fingerprint density at radius 1 is 1.33 bits per heavy atom. The summed E-state index contributed by atoms with van der Waals surface area (Å²) >= 11 is 0. The van der Waals surface area contributed by atoms with Gasteiger partial charge in [-0.2, -0.15) is 48.2 Å². The predicted molar refractivity (Wildman–Crippen MR) is 50.5 cm³/mol. The fourth-order valence-electron chi connectivity index (χ4n) is 0.731. The quantitative estimate of drug-likeness (QED) is 0.375. The van der Waals surface area contributed by atoms with Crippen LogP contribution in [0.1, 0.15) is 5.56 Å². The minimum Gasteiger partial charge on any atom is -1.00 e. The molecule has 0 fully saturated rings. The number of aromatic amines is 1. The molecule has 0 aliphatic heterocycles. The van der Waals surface area contributed by atoms with E-state index in [1.54, 1.807) is 0 Å². The second kappa shape index (κ2) is 11.9. The van der Waals surface area contributed by atoms with E-state index >= 15 is 0 Å². The molecule has 4 heteroatoms. The molecule has 0 aromatic carbocycles. The van der Waals surface area contributed by atoms with Crippen molar-refractivity contribution in [2.75, 3.05) is 0 Å². The van der Waals surface area contributed by atoms with Crippen LogP contribution >= 0.6 is 0 Å². The summed E-state index contributed by atoms with van der Waals surface area (Å²) in [6, 6.07) is 1.97. The molecule has 78 valence electrons. The number of halogens is 2. The Labute approximate surface area is 118 Å². The van der Waals surface area contributed by atoms with Gasteiger partial charge in [-0.25, -0.2) is 0 Å². The molecule has 1 aromatic heterocycles. The molecule has 0 atom stereocenters. The maximum atomic E-state index is 3.62. The van der Waals surface area contributed by atoms with Crippen LogP contribution in [0.25, 0.3) is 0 Å². The zero-order chi connectivity index (χ0) is 8.81. The van der Waals surface area contributed by atoms with E-state index in [4.69, 9.17) is 0 Å². The molecule has 0 saturated carbocycles. The Morgan fingerprint density at radius 2 is 2.00 bits per heavy atom. The van der Waals surface area contributed by atoms with E-state index in [2.05, 4.69) is 23.8 Å². The van der Waals surface area contributed by atoms with Gasteiger partial charge in [0.2, 0.25) is 0 Å². The second-order valence-electron chi connectivity index (χ2n) is 2.48. The number of aryl methyl sites for hydroxylation is 1. The van der Waals surface area contributed by atoms with Gasteiger partial charge in [-0.1, -0.05) is 6.92 Å². The molecule has 15 heavy (non-hydrogen) atoms. The Hall–Kier alpha value is -0.206. The van der Waals surface area contributed by atoms with Gasteiger partial charge in [0.05, 0.1) is 0 Å². The summed E-state index contributed by atoms with van der Waals surface area (Å²) in [5, 5.41) is 0. The van der Waals surface area contributed by atoms with Crippen molar-refractivity contribution in [3.8, 4) is 0 Å². The SMILES string of the molecule is C=C1[C-]=CC=C1.Cc1[c-][nH]cc1.[Cl-].[Cl-].[Ti+4]. The largest absolute Gasteiger partial charge is 4.00 e. The number of aromatic nitrogens is 1. The van der Waals surface area contributed by atoms with Crippen LogP contribution in [-0.4, -0.2) is 4.98 Å². The average Bonchev–Trinajstić information content (AvgIpc) is 2.63. The maximum Gasteiger partial charge on any atom is 4.00 e.